The molecule has 100 valence electrons. The number of aryl methyl sites for hydroxylation is 1. The van der Waals surface area contributed by atoms with Gasteiger partial charge >= 0.3 is 0 Å². The highest BCUT2D eigenvalue weighted by Gasteiger charge is 2.14. The number of hydrogen-bond acceptors (Lipinski definition) is 3. The highest BCUT2D eigenvalue weighted by Crippen LogP contribution is 2.26. The third kappa shape index (κ3) is 3.15. The summed E-state index contributed by atoms with van der Waals surface area (Å²) in [6, 6.07) is 12.8. The molecular weight excluding hydrogens is 259 g/mol. The van der Waals surface area contributed by atoms with Gasteiger partial charge in [-0.25, -0.2) is 9.82 Å². The molecule has 2 aromatic carbocycles. The highest BCUT2D eigenvalue weighted by atomic mass is 32.2. The van der Waals surface area contributed by atoms with Crippen LogP contribution in [0.5, 0.6) is 0 Å². The zero-order valence-electron chi connectivity index (χ0n) is 11.0. The van der Waals surface area contributed by atoms with E-state index in [4.69, 9.17) is 5.84 Å². The van der Waals surface area contributed by atoms with Crippen LogP contribution in [0.2, 0.25) is 0 Å². The van der Waals surface area contributed by atoms with Crippen LogP contribution in [0.25, 0.3) is 0 Å². The summed E-state index contributed by atoms with van der Waals surface area (Å²) in [4.78, 5) is 1.20. The summed E-state index contributed by atoms with van der Waals surface area (Å²) in [7, 11) is 0. The summed E-state index contributed by atoms with van der Waals surface area (Å²) in [6.07, 6.45) is 2.04. The molecule has 0 aliphatic carbocycles. The molecule has 0 radical (unpaired) electrons. The Morgan fingerprint density at radius 3 is 2.37 bits per heavy atom. The molecule has 0 aliphatic heterocycles. The molecule has 0 aromatic heterocycles. The minimum atomic E-state index is -0.227. The van der Waals surface area contributed by atoms with Crippen LogP contribution < -0.4 is 11.3 Å². The van der Waals surface area contributed by atoms with Crippen LogP contribution in [0, 0.1) is 12.7 Å². The lowest BCUT2D eigenvalue weighted by atomic mass is 9.95. The molecular formula is C15H17FN2S. The van der Waals surface area contributed by atoms with Crippen molar-refractivity contribution >= 4 is 11.8 Å². The van der Waals surface area contributed by atoms with E-state index in [1.165, 1.54) is 17.0 Å². The van der Waals surface area contributed by atoms with Gasteiger partial charge in [0, 0.05) is 4.90 Å². The van der Waals surface area contributed by atoms with Gasteiger partial charge in [0.05, 0.1) is 6.04 Å². The highest BCUT2D eigenvalue weighted by molar-refractivity contribution is 7.98. The number of thioether (sulfide) groups is 1. The minimum absolute atomic E-state index is 0.128. The molecule has 1 atom stereocenters. The topological polar surface area (TPSA) is 38.0 Å². The Labute approximate surface area is 117 Å². The lowest BCUT2D eigenvalue weighted by Gasteiger charge is -2.19. The monoisotopic (exact) mass is 276 g/mol. The predicted molar refractivity (Wildman–Crippen MR) is 78.5 cm³/mol. The van der Waals surface area contributed by atoms with Gasteiger partial charge in [-0.2, -0.15) is 0 Å². The first-order valence-electron chi connectivity index (χ1n) is 6.02. The van der Waals surface area contributed by atoms with E-state index in [2.05, 4.69) is 17.6 Å². The number of benzene rings is 2. The van der Waals surface area contributed by atoms with Crippen LogP contribution in [0.1, 0.15) is 22.7 Å². The van der Waals surface area contributed by atoms with Gasteiger partial charge in [-0.1, -0.05) is 18.2 Å². The Balaban J connectivity index is 2.37. The van der Waals surface area contributed by atoms with Crippen LogP contribution in [0.3, 0.4) is 0 Å². The second kappa shape index (κ2) is 6.19. The molecule has 0 saturated heterocycles. The van der Waals surface area contributed by atoms with Gasteiger partial charge in [0.25, 0.3) is 0 Å². The Hall–Kier alpha value is -1.36. The molecule has 0 heterocycles. The van der Waals surface area contributed by atoms with E-state index in [1.54, 1.807) is 17.8 Å². The summed E-state index contributed by atoms with van der Waals surface area (Å²) in [5.74, 6) is 5.44. The second-order valence-electron chi connectivity index (χ2n) is 4.37. The van der Waals surface area contributed by atoms with Gasteiger partial charge in [-0.05, 0) is 54.1 Å². The molecule has 4 heteroatoms. The quantitative estimate of drug-likeness (QED) is 0.510. The van der Waals surface area contributed by atoms with Crippen molar-refractivity contribution in [3.05, 3.63) is 65.0 Å². The molecule has 2 nitrogen and oxygen atoms in total. The largest absolute Gasteiger partial charge is 0.271 e. The van der Waals surface area contributed by atoms with Crippen molar-refractivity contribution in [2.45, 2.75) is 17.9 Å². The van der Waals surface area contributed by atoms with Crippen molar-refractivity contribution in [1.29, 1.82) is 0 Å². The lowest BCUT2D eigenvalue weighted by molar-refractivity contribution is 0.612. The smallest absolute Gasteiger partial charge is 0.123 e. The van der Waals surface area contributed by atoms with Gasteiger partial charge < -0.3 is 0 Å². The number of halogens is 1. The number of hydrogen-bond donors (Lipinski definition) is 2. The fourth-order valence-electron chi connectivity index (χ4n) is 2.12. The fourth-order valence-corrected chi connectivity index (χ4v) is 2.53. The number of nitrogens with one attached hydrogen (secondary N) is 1. The maximum absolute atomic E-state index is 13.2. The van der Waals surface area contributed by atoms with Crippen molar-refractivity contribution in [3.63, 3.8) is 0 Å². The normalized spacial score (nSPS) is 12.4. The first-order valence-corrected chi connectivity index (χ1v) is 7.24. The van der Waals surface area contributed by atoms with E-state index < -0.39 is 0 Å². The molecule has 0 saturated carbocycles. The van der Waals surface area contributed by atoms with E-state index in [0.717, 1.165) is 16.7 Å². The molecule has 19 heavy (non-hydrogen) atoms. The van der Waals surface area contributed by atoms with Gasteiger partial charge in [0.2, 0.25) is 0 Å². The Morgan fingerprint density at radius 2 is 1.84 bits per heavy atom. The van der Waals surface area contributed by atoms with E-state index in [-0.39, 0.29) is 11.9 Å². The number of hydrazine groups is 1. The SMILES string of the molecule is CSc1ccc(C(NN)c2ccc(F)cc2C)cc1. The summed E-state index contributed by atoms with van der Waals surface area (Å²) in [5, 5.41) is 0. The minimum Gasteiger partial charge on any atom is -0.271 e. The first kappa shape index (κ1) is 14.1. The molecule has 3 N–H and O–H groups in total. The van der Waals surface area contributed by atoms with Crippen molar-refractivity contribution < 1.29 is 4.39 Å². The number of nitrogens with two attached hydrogens (primary N) is 1. The van der Waals surface area contributed by atoms with Crippen molar-refractivity contribution in [2.75, 3.05) is 6.26 Å². The third-order valence-corrected chi connectivity index (χ3v) is 3.90. The molecule has 0 fully saturated rings. The number of rotatable bonds is 4. The van der Waals surface area contributed by atoms with Crippen LogP contribution in [0.4, 0.5) is 4.39 Å². The fraction of sp³-hybridized carbons (Fsp3) is 0.200. The Kier molecular flexibility index (Phi) is 4.58. The molecule has 0 spiro atoms. The molecule has 1 unspecified atom stereocenters. The van der Waals surface area contributed by atoms with Crippen molar-refractivity contribution in [1.82, 2.24) is 5.43 Å². The van der Waals surface area contributed by atoms with E-state index in [0.29, 0.717) is 0 Å². The van der Waals surface area contributed by atoms with E-state index in [9.17, 15) is 4.39 Å². The average molecular weight is 276 g/mol. The molecule has 0 amide bonds. The van der Waals surface area contributed by atoms with Gasteiger partial charge in [0.1, 0.15) is 5.82 Å². The maximum atomic E-state index is 13.2. The van der Waals surface area contributed by atoms with E-state index in [1.807, 2.05) is 25.3 Å². The van der Waals surface area contributed by atoms with Crippen LogP contribution in [-0.2, 0) is 0 Å². The Morgan fingerprint density at radius 1 is 1.16 bits per heavy atom. The van der Waals surface area contributed by atoms with Gasteiger partial charge in [0.15, 0.2) is 0 Å². The lowest BCUT2D eigenvalue weighted by Crippen LogP contribution is -2.29. The Bertz CT molecular complexity index is 555. The molecule has 2 rings (SSSR count). The summed E-state index contributed by atoms with van der Waals surface area (Å²) < 4.78 is 13.2. The molecule has 0 aliphatic rings. The van der Waals surface area contributed by atoms with Gasteiger partial charge in [-0.3, -0.25) is 5.84 Å². The third-order valence-electron chi connectivity index (χ3n) is 3.16. The zero-order valence-corrected chi connectivity index (χ0v) is 11.8. The summed E-state index contributed by atoms with van der Waals surface area (Å²) in [6.45, 7) is 1.89. The first-order chi connectivity index (χ1) is 9.15. The second-order valence-corrected chi connectivity index (χ2v) is 5.25. The molecule has 2 aromatic rings. The summed E-state index contributed by atoms with van der Waals surface area (Å²) in [5.41, 5.74) is 5.74. The maximum Gasteiger partial charge on any atom is 0.123 e. The van der Waals surface area contributed by atoms with Crippen molar-refractivity contribution in [2.24, 2.45) is 5.84 Å². The van der Waals surface area contributed by atoms with Crippen LogP contribution in [-0.4, -0.2) is 6.26 Å². The zero-order chi connectivity index (χ0) is 13.8. The average Bonchev–Trinajstić information content (AvgIpc) is 2.42. The standard InChI is InChI=1S/C15H17FN2S/c1-10-9-12(16)5-8-14(10)15(18-17)11-3-6-13(19-2)7-4-11/h3-9,15,18H,17H2,1-2H3. The van der Waals surface area contributed by atoms with Crippen molar-refractivity contribution in [3.8, 4) is 0 Å². The van der Waals surface area contributed by atoms with Gasteiger partial charge in [-0.15, -0.1) is 11.8 Å². The predicted octanol–water partition coefficient (Wildman–Crippen LogP) is 3.41. The van der Waals surface area contributed by atoms with Crippen LogP contribution in [0.15, 0.2) is 47.4 Å². The van der Waals surface area contributed by atoms with Crippen LogP contribution >= 0.6 is 11.8 Å². The van der Waals surface area contributed by atoms with E-state index >= 15 is 0 Å². The summed E-state index contributed by atoms with van der Waals surface area (Å²) >= 11 is 1.70. The molecule has 0 bridgehead atoms.